The van der Waals surface area contributed by atoms with Crippen molar-refractivity contribution in [3.05, 3.63) is 29.3 Å². The van der Waals surface area contributed by atoms with Crippen molar-refractivity contribution in [1.29, 1.82) is 0 Å². The molecule has 0 spiro atoms. The maximum atomic E-state index is 12.4. The van der Waals surface area contributed by atoms with Gasteiger partial charge in [0.25, 0.3) is 0 Å². The quantitative estimate of drug-likeness (QED) is 0.702. The SMILES string of the molecule is COCc1cc(OC)ccc1CN(CC(=O)OC)C(=O)OC(C)(C)C. The predicted octanol–water partition coefficient (Wildman–Crippen LogP) is 2.75. The van der Waals surface area contributed by atoms with E-state index >= 15 is 0 Å². The van der Waals surface area contributed by atoms with Gasteiger partial charge in [-0.3, -0.25) is 9.69 Å². The second-order valence-electron chi connectivity index (χ2n) is 6.48. The average molecular weight is 353 g/mol. The Morgan fingerprint density at radius 3 is 2.28 bits per heavy atom. The van der Waals surface area contributed by atoms with E-state index in [0.29, 0.717) is 12.4 Å². The van der Waals surface area contributed by atoms with Crippen LogP contribution >= 0.6 is 0 Å². The summed E-state index contributed by atoms with van der Waals surface area (Å²) in [6, 6.07) is 5.46. The molecule has 0 bridgehead atoms. The first-order valence-electron chi connectivity index (χ1n) is 7.89. The van der Waals surface area contributed by atoms with Gasteiger partial charge >= 0.3 is 12.1 Å². The van der Waals surface area contributed by atoms with Crippen LogP contribution in [0.5, 0.6) is 5.75 Å². The van der Waals surface area contributed by atoms with E-state index in [1.165, 1.54) is 12.0 Å². The molecule has 7 heteroatoms. The van der Waals surface area contributed by atoms with Crippen LogP contribution in [0.1, 0.15) is 31.9 Å². The zero-order chi connectivity index (χ0) is 19.0. The highest BCUT2D eigenvalue weighted by Crippen LogP contribution is 2.21. The normalized spacial score (nSPS) is 11.0. The number of hydrogen-bond acceptors (Lipinski definition) is 6. The van der Waals surface area contributed by atoms with Crippen molar-refractivity contribution in [3.63, 3.8) is 0 Å². The summed E-state index contributed by atoms with van der Waals surface area (Å²) in [6.45, 7) is 5.64. The van der Waals surface area contributed by atoms with Crippen molar-refractivity contribution in [2.24, 2.45) is 0 Å². The third-order valence-electron chi connectivity index (χ3n) is 3.27. The zero-order valence-corrected chi connectivity index (χ0v) is 15.8. The number of nitrogens with zero attached hydrogens (tertiary/aromatic N) is 1. The van der Waals surface area contributed by atoms with Crippen LogP contribution in [0.15, 0.2) is 18.2 Å². The molecule has 0 aliphatic heterocycles. The molecule has 0 radical (unpaired) electrons. The first-order chi connectivity index (χ1) is 11.7. The molecule has 0 atom stereocenters. The van der Waals surface area contributed by atoms with E-state index in [4.69, 9.17) is 14.2 Å². The third-order valence-corrected chi connectivity index (χ3v) is 3.27. The lowest BCUT2D eigenvalue weighted by atomic mass is 10.1. The minimum absolute atomic E-state index is 0.187. The smallest absolute Gasteiger partial charge is 0.411 e. The number of esters is 1. The first-order valence-corrected chi connectivity index (χ1v) is 7.89. The summed E-state index contributed by atoms with van der Waals surface area (Å²) in [6.07, 6.45) is -0.586. The van der Waals surface area contributed by atoms with Gasteiger partial charge in [0.15, 0.2) is 0 Å². The molecular weight excluding hydrogens is 326 g/mol. The monoisotopic (exact) mass is 353 g/mol. The van der Waals surface area contributed by atoms with Gasteiger partial charge in [0.1, 0.15) is 17.9 Å². The fraction of sp³-hybridized carbons (Fsp3) is 0.556. The number of benzene rings is 1. The highest BCUT2D eigenvalue weighted by atomic mass is 16.6. The van der Waals surface area contributed by atoms with Crippen LogP contribution in [0, 0.1) is 0 Å². The van der Waals surface area contributed by atoms with Crippen molar-refractivity contribution in [2.45, 2.75) is 39.5 Å². The molecule has 0 aromatic heterocycles. The Kier molecular flexibility index (Phi) is 7.70. The maximum absolute atomic E-state index is 12.4. The second-order valence-corrected chi connectivity index (χ2v) is 6.48. The van der Waals surface area contributed by atoms with Gasteiger partial charge in [-0.2, -0.15) is 0 Å². The van der Waals surface area contributed by atoms with Crippen LogP contribution in [0.25, 0.3) is 0 Å². The molecule has 0 aliphatic rings. The largest absolute Gasteiger partial charge is 0.497 e. The van der Waals surface area contributed by atoms with Gasteiger partial charge in [0, 0.05) is 7.11 Å². The molecule has 1 amide bonds. The number of methoxy groups -OCH3 is 3. The summed E-state index contributed by atoms with van der Waals surface area (Å²) in [5.74, 6) is 0.167. The van der Waals surface area contributed by atoms with E-state index < -0.39 is 17.7 Å². The van der Waals surface area contributed by atoms with Gasteiger partial charge < -0.3 is 18.9 Å². The molecule has 1 aromatic rings. The summed E-state index contributed by atoms with van der Waals surface area (Å²) < 4.78 is 20.5. The lowest BCUT2D eigenvalue weighted by Crippen LogP contribution is -2.40. The average Bonchev–Trinajstić information content (AvgIpc) is 2.54. The molecule has 7 nitrogen and oxygen atoms in total. The van der Waals surface area contributed by atoms with Crippen LogP contribution in [-0.2, 0) is 32.2 Å². The first kappa shape index (κ1) is 20.8. The van der Waals surface area contributed by atoms with Gasteiger partial charge in [-0.1, -0.05) is 6.07 Å². The molecule has 25 heavy (non-hydrogen) atoms. The molecule has 0 fully saturated rings. The summed E-state index contributed by atoms with van der Waals surface area (Å²) in [4.78, 5) is 25.4. The Morgan fingerprint density at radius 2 is 1.76 bits per heavy atom. The van der Waals surface area contributed by atoms with Crippen LogP contribution in [-0.4, -0.2) is 50.4 Å². The molecule has 0 unspecified atom stereocenters. The van der Waals surface area contributed by atoms with E-state index in [9.17, 15) is 9.59 Å². The Labute approximate surface area is 148 Å². The van der Waals surface area contributed by atoms with E-state index in [2.05, 4.69) is 4.74 Å². The highest BCUT2D eigenvalue weighted by molar-refractivity contribution is 5.78. The van der Waals surface area contributed by atoms with Crippen molar-refractivity contribution in [1.82, 2.24) is 4.90 Å². The van der Waals surface area contributed by atoms with Gasteiger partial charge in [-0.25, -0.2) is 4.79 Å². The molecule has 0 N–H and O–H groups in total. The van der Waals surface area contributed by atoms with Crippen molar-refractivity contribution in [3.8, 4) is 5.75 Å². The Morgan fingerprint density at radius 1 is 1.08 bits per heavy atom. The van der Waals surface area contributed by atoms with E-state index in [-0.39, 0.29) is 13.1 Å². The topological polar surface area (TPSA) is 74.3 Å². The number of rotatable bonds is 7. The van der Waals surface area contributed by atoms with Crippen LogP contribution in [0.4, 0.5) is 4.79 Å². The maximum Gasteiger partial charge on any atom is 0.411 e. The second kappa shape index (κ2) is 9.27. The zero-order valence-electron chi connectivity index (χ0n) is 15.8. The minimum Gasteiger partial charge on any atom is -0.497 e. The summed E-state index contributed by atoms with van der Waals surface area (Å²) in [5, 5.41) is 0. The number of carbonyl (C=O) groups excluding carboxylic acids is 2. The van der Waals surface area contributed by atoms with E-state index in [1.54, 1.807) is 41.1 Å². The minimum atomic E-state index is -0.666. The van der Waals surface area contributed by atoms with Gasteiger partial charge in [-0.05, 0) is 44.0 Å². The van der Waals surface area contributed by atoms with Crippen molar-refractivity contribution in [2.75, 3.05) is 27.9 Å². The van der Waals surface area contributed by atoms with Crippen LogP contribution in [0.3, 0.4) is 0 Å². The summed E-state index contributed by atoms with van der Waals surface area (Å²) >= 11 is 0. The number of carbonyl (C=O) groups is 2. The van der Waals surface area contributed by atoms with Gasteiger partial charge in [0.05, 0.1) is 27.4 Å². The van der Waals surface area contributed by atoms with Crippen molar-refractivity contribution >= 4 is 12.1 Å². The Balaban J connectivity index is 3.07. The molecule has 0 aliphatic carbocycles. The fourth-order valence-electron chi connectivity index (χ4n) is 2.11. The fourth-order valence-corrected chi connectivity index (χ4v) is 2.11. The van der Waals surface area contributed by atoms with Crippen LogP contribution in [0.2, 0.25) is 0 Å². The Hall–Kier alpha value is -2.28. The van der Waals surface area contributed by atoms with Crippen molar-refractivity contribution < 1.29 is 28.5 Å². The molecule has 1 aromatic carbocycles. The van der Waals surface area contributed by atoms with Gasteiger partial charge in [-0.15, -0.1) is 0 Å². The lowest BCUT2D eigenvalue weighted by molar-refractivity contribution is -0.142. The summed E-state index contributed by atoms with van der Waals surface area (Å²) in [7, 11) is 4.44. The molecule has 0 saturated heterocycles. The van der Waals surface area contributed by atoms with Gasteiger partial charge in [0.2, 0.25) is 0 Å². The van der Waals surface area contributed by atoms with Crippen LogP contribution < -0.4 is 4.74 Å². The molecule has 0 heterocycles. The third kappa shape index (κ3) is 7.01. The number of amides is 1. The van der Waals surface area contributed by atoms with E-state index in [1.807, 2.05) is 12.1 Å². The van der Waals surface area contributed by atoms with E-state index in [0.717, 1.165) is 11.1 Å². The highest BCUT2D eigenvalue weighted by Gasteiger charge is 2.25. The summed E-state index contributed by atoms with van der Waals surface area (Å²) in [5.41, 5.74) is 1.03. The predicted molar refractivity (Wildman–Crippen MR) is 92.4 cm³/mol. The number of ether oxygens (including phenoxy) is 4. The molecule has 1 rings (SSSR count). The molecule has 140 valence electrons. The number of hydrogen-bond donors (Lipinski definition) is 0. The molecule has 0 saturated carbocycles. The Bertz CT molecular complexity index is 594. The lowest BCUT2D eigenvalue weighted by Gasteiger charge is -2.27. The standard InChI is InChI=1S/C18H27NO6/c1-18(2,3)25-17(21)19(11-16(20)24-6)10-13-7-8-15(23-5)9-14(13)12-22-4/h7-9H,10-12H2,1-6H3. The molecular formula is C18H27NO6.